The fourth-order valence-electron chi connectivity index (χ4n) is 0.492. The van der Waals surface area contributed by atoms with Crippen molar-refractivity contribution in [3.8, 4) is 0 Å². The summed E-state index contributed by atoms with van der Waals surface area (Å²) in [6.45, 7) is 4.36. The average Bonchev–Trinajstić information content (AvgIpc) is 1.61. The van der Waals surface area contributed by atoms with Gasteiger partial charge >= 0.3 is 18.9 Å². The molecule has 0 atom stereocenters. The van der Waals surface area contributed by atoms with E-state index in [1.165, 1.54) is 0 Å². The Bertz CT molecular complexity index is 37.5. The van der Waals surface area contributed by atoms with Crippen LogP contribution >= 0.6 is 0 Å². The molecule has 0 spiro atoms. The van der Waals surface area contributed by atoms with Crippen molar-refractivity contribution in [1.29, 1.82) is 0 Å². The standard InChI is InChI=1S/C6H13O.Li/c1-6(2)4-3-5-7;/h6H,3-5H2,1-2H3;/q-1;+1. The molecule has 0 saturated carbocycles. The zero-order valence-corrected chi connectivity index (χ0v) is 6.11. The van der Waals surface area contributed by atoms with Gasteiger partial charge in [-0.25, -0.2) is 0 Å². The fraction of sp³-hybridized carbons (Fsp3) is 1.00. The molecule has 1 nitrogen and oxygen atoms in total. The molecule has 0 fully saturated rings. The summed E-state index contributed by atoms with van der Waals surface area (Å²) in [5.74, 6) is 0.703. The van der Waals surface area contributed by atoms with Crippen LogP contribution in [-0.4, -0.2) is 6.61 Å². The molecule has 0 amide bonds. The average molecular weight is 108 g/mol. The first-order valence-corrected chi connectivity index (χ1v) is 2.85. The first-order valence-electron chi connectivity index (χ1n) is 2.85. The molecule has 2 heteroatoms. The first kappa shape index (κ1) is 11.4. The molecular weight excluding hydrogens is 95.0 g/mol. The maximum absolute atomic E-state index is 9.83. The fourth-order valence-corrected chi connectivity index (χ4v) is 0.492. The van der Waals surface area contributed by atoms with Crippen LogP contribution in [0.25, 0.3) is 0 Å². The maximum Gasteiger partial charge on any atom is 1.00 e. The Morgan fingerprint density at radius 2 is 1.88 bits per heavy atom. The third-order valence-corrected chi connectivity index (χ3v) is 0.926. The van der Waals surface area contributed by atoms with Crippen molar-refractivity contribution in [1.82, 2.24) is 0 Å². The second-order valence-electron chi connectivity index (χ2n) is 2.24. The number of hydrogen-bond acceptors (Lipinski definition) is 1. The van der Waals surface area contributed by atoms with E-state index in [-0.39, 0.29) is 25.5 Å². The second kappa shape index (κ2) is 7.56. The van der Waals surface area contributed by atoms with Crippen LogP contribution in [0.5, 0.6) is 0 Å². The topological polar surface area (TPSA) is 23.1 Å². The van der Waals surface area contributed by atoms with Gasteiger partial charge in [-0.3, -0.25) is 0 Å². The van der Waals surface area contributed by atoms with Crippen LogP contribution < -0.4 is 24.0 Å². The molecule has 0 N–H and O–H groups in total. The number of hydrogen-bond donors (Lipinski definition) is 0. The Morgan fingerprint density at radius 3 is 2.00 bits per heavy atom. The van der Waals surface area contributed by atoms with Gasteiger partial charge in [0, 0.05) is 0 Å². The van der Waals surface area contributed by atoms with E-state index in [4.69, 9.17) is 0 Å². The van der Waals surface area contributed by atoms with Crippen molar-refractivity contribution in [2.24, 2.45) is 5.92 Å². The van der Waals surface area contributed by atoms with E-state index >= 15 is 0 Å². The van der Waals surface area contributed by atoms with E-state index in [0.29, 0.717) is 5.92 Å². The Hall–Kier alpha value is 0.557. The van der Waals surface area contributed by atoms with Crippen LogP contribution in [0.2, 0.25) is 0 Å². The molecular formula is C6H13LiO. The molecule has 8 heavy (non-hydrogen) atoms. The Morgan fingerprint density at radius 1 is 1.38 bits per heavy atom. The maximum atomic E-state index is 9.83. The van der Waals surface area contributed by atoms with Gasteiger partial charge in [-0.05, 0) is 5.92 Å². The van der Waals surface area contributed by atoms with Gasteiger partial charge in [-0.2, -0.15) is 0 Å². The van der Waals surface area contributed by atoms with E-state index in [2.05, 4.69) is 13.8 Å². The molecule has 0 unspecified atom stereocenters. The van der Waals surface area contributed by atoms with Gasteiger partial charge in [0.05, 0.1) is 0 Å². The summed E-state index contributed by atoms with van der Waals surface area (Å²) in [6.07, 6.45) is 1.93. The Kier molecular flexibility index (Phi) is 10.7. The molecule has 0 aromatic heterocycles. The third-order valence-electron chi connectivity index (χ3n) is 0.926. The monoisotopic (exact) mass is 108 g/mol. The molecule has 0 aliphatic rings. The quantitative estimate of drug-likeness (QED) is 0.376. The molecule has 44 valence electrons. The molecule has 0 aliphatic carbocycles. The van der Waals surface area contributed by atoms with E-state index in [1.54, 1.807) is 0 Å². The molecule has 0 aromatic rings. The normalized spacial score (nSPS) is 9.00. The van der Waals surface area contributed by atoms with Gasteiger partial charge in [0.2, 0.25) is 0 Å². The summed E-state index contributed by atoms with van der Waals surface area (Å²) in [5, 5.41) is 9.83. The van der Waals surface area contributed by atoms with E-state index in [0.717, 1.165) is 12.8 Å². The van der Waals surface area contributed by atoms with Crippen molar-refractivity contribution in [2.45, 2.75) is 26.7 Å². The van der Waals surface area contributed by atoms with Crippen LogP contribution in [0.15, 0.2) is 0 Å². The molecule has 0 rings (SSSR count). The molecule has 0 heterocycles. The molecule has 0 radical (unpaired) electrons. The van der Waals surface area contributed by atoms with Gasteiger partial charge in [0.15, 0.2) is 0 Å². The van der Waals surface area contributed by atoms with Crippen molar-refractivity contribution in [3.63, 3.8) is 0 Å². The minimum atomic E-state index is 0. The predicted octanol–water partition coefficient (Wildman–Crippen LogP) is -2.21. The molecule has 0 bridgehead atoms. The van der Waals surface area contributed by atoms with Gasteiger partial charge in [-0.15, -0.1) is 6.61 Å². The third kappa shape index (κ3) is 9.75. The van der Waals surface area contributed by atoms with Crippen LogP contribution in [0.1, 0.15) is 26.7 Å². The predicted molar refractivity (Wildman–Crippen MR) is 28.9 cm³/mol. The van der Waals surface area contributed by atoms with E-state index in [1.807, 2.05) is 0 Å². The molecule has 0 aromatic carbocycles. The largest absolute Gasteiger partial charge is 1.00 e. The SMILES string of the molecule is CC(C)CCC[O-].[Li+]. The van der Waals surface area contributed by atoms with Crippen LogP contribution in [-0.2, 0) is 0 Å². The summed E-state index contributed by atoms with van der Waals surface area (Å²) >= 11 is 0. The Balaban J connectivity index is 0. The van der Waals surface area contributed by atoms with Crippen molar-refractivity contribution in [3.05, 3.63) is 0 Å². The molecule has 0 saturated heterocycles. The van der Waals surface area contributed by atoms with Gasteiger partial charge in [-0.1, -0.05) is 26.7 Å². The summed E-state index contributed by atoms with van der Waals surface area (Å²) in [4.78, 5) is 0. The van der Waals surface area contributed by atoms with Crippen molar-refractivity contribution >= 4 is 0 Å². The minimum absolute atomic E-state index is 0. The van der Waals surface area contributed by atoms with Gasteiger partial charge in [0.25, 0.3) is 0 Å². The summed E-state index contributed by atoms with van der Waals surface area (Å²) in [6, 6.07) is 0. The van der Waals surface area contributed by atoms with Crippen molar-refractivity contribution in [2.75, 3.05) is 6.61 Å². The summed E-state index contributed by atoms with van der Waals surface area (Å²) in [5.41, 5.74) is 0. The van der Waals surface area contributed by atoms with E-state index < -0.39 is 0 Å². The Labute approximate surface area is 63.7 Å². The van der Waals surface area contributed by atoms with E-state index in [9.17, 15) is 5.11 Å². The number of rotatable bonds is 3. The van der Waals surface area contributed by atoms with Crippen LogP contribution in [0.4, 0.5) is 0 Å². The van der Waals surface area contributed by atoms with Gasteiger partial charge in [0.1, 0.15) is 0 Å². The van der Waals surface area contributed by atoms with Crippen LogP contribution in [0, 0.1) is 5.92 Å². The smallest absolute Gasteiger partial charge is 0.854 e. The first-order chi connectivity index (χ1) is 3.27. The second-order valence-corrected chi connectivity index (χ2v) is 2.24. The minimum Gasteiger partial charge on any atom is -0.854 e. The molecule has 0 aliphatic heterocycles. The summed E-state index contributed by atoms with van der Waals surface area (Å²) < 4.78 is 0. The van der Waals surface area contributed by atoms with Gasteiger partial charge < -0.3 is 5.11 Å². The zero-order valence-electron chi connectivity index (χ0n) is 6.11. The van der Waals surface area contributed by atoms with Crippen molar-refractivity contribution < 1.29 is 24.0 Å². The zero-order chi connectivity index (χ0) is 5.70. The summed E-state index contributed by atoms with van der Waals surface area (Å²) in [7, 11) is 0. The van der Waals surface area contributed by atoms with Crippen LogP contribution in [0.3, 0.4) is 0 Å².